The lowest BCUT2D eigenvalue weighted by atomic mass is 10.2. The lowest BCUT2D eigenvalue weighted by molar-refractivity contribution is 0.537. The van der Waals surface area contributed by atoms with Gasteiger partial charge in [0.1, 0.15) is 0 Å². The van der Waals surface area contributed by atoms with Gasteiger partial charge in [0.15, 0.2) is 0 Å². The van der Waals surface area contributed by atoms with Crippen LogP contribution in [0.25, 0.3) is 10.8 Å². The zero-order valence-corrected chi connectivity index (χ0v) is 9.92. The van der Waals surface area contributed by atoms with Gasteiger partial charge in [-0.3, -0.25) is 0 Å². The van der Waals surface area contributed by atoms with Gasteiger partial charge in [-0.15, -0.1) is 21.5 Å². The van der Waals surface area contributed by atoms with Crippen molar-refractivity contribution in [1.29, 1.82) is 0 Å². The molecule has 2 aromatic heterocycles. The molecule has 0 aromatic carbocycles. The van der Waals surface area contributed by atoms with Gasteiger partial charge >= 0.3 is 0 Å². The number of nitrogens with zero attached hydrogens (tertiary/aromatic N) is 2. The Morgan fingerprint density at radius 3 is 3.00 bits per heavy atom. The Bertz CT molecular complexity index is 410. The molecule has 0 saturated heterocycles. The van der Waals surface area contributed by atoms with Gasteiger partial charge in [0, 0.05) is 22.6 Å². The van der Waals surface area contributed by atoms with Crippen LogP contribution in [0.3, 0.4) is 0 Å². The van der Waals surface area contributed by atoms with Crippen LogP contribution in [0.2, 0.25) is 0 Å². The fourth-order valence-corrected chi connectivity index (χ4v) is 2.33. The summed E-state index contributed by atoms with van der Waals surface area (Å²) in [6, 6.07) is 2.09. The van der Waals surface area contributed by atoms with Gasteiger partial charge in [0.25, 0.3) is 9.79 Å². The summed E-state index contributed by atoms with van der Waals surface area (Å²) in [6.07, 6.45) is 0.998. The second-order valence-corrected chi connectivity index (χ2v) is 4.33. The van der Waals surface area contributed by atoms with Crippen molar-refractivity contribution in [2.45, 2.75) is 13.3 Å². The molecule has 0 radical (unpaired) electrons. The van der Waals surface area contributed by atoms with E-state index in [1.807, 2.05) is 28.0 Å². The Morgan fingerprint density at radius 2 is 2.38 bits per heavy atom. The minimum atomic E-state index is 0.586. The number of thiophene rings is 1. The fourth-order valence-electron chi connectivity index (χ4n) is 1.10. The lowest BCUT2D eigenvalue weighted by Gasteiger charge is -1.92. The van der Waals surface area contributed by atoms with E-state index < -0.39 is 0 Å². The zero-order valence-electron chi connectivity index (χ0n) is 6.95. The molecule has 0 atom stereocenters. The molecule has 2 heterocycles. The minimum absolute atomic E-state index is 0.586. The van der Waals surface area contributed by atoms with Crippen LogP contribution in [0.15, 0.2) is 15.9 Å². The summed E-state index contributed by atoms with van der Waals surface area (Å²) >= 11 is 3.65. The van der Waals surface area contributed by atoms with Gasteiger partial charge in [-0.1, -0.05) is 6.92 Å². The van der Waals surface area contributed by atoms with Gasteiger partial charge in [0.2, 0.25) is 0 Å². The van der Waals surface area contributed by atoms with Gasteiger partial charge in [-0.2, -0.15) is 0 Å². The van der Waals surface area contributed by atoms with Crippen LogP contribution in [-0.4, -0.2) is 10.2 Å². The molecule has 0 amide bonds. The molecule has 0 N–H and O–H groups in total. The normalized spacial score (nSPS) is 10.6. The van der Waals surface area contributed by atoms with E-state index in [-0.39, 0.29) is 0 Å². The molecule has 0 aliphatic carbocycles. The van der Waals surface area contributed by atoms with Crippen molar-refractivity contribution in [3.63, 3.8) is 0 Å². The van der Waals surface area contributed by atoms with Crippen LogP contribution >= 0.6 is 33.9 Å². The van der Waals surface area contributed by atoms with E-state index >= 15 is 0 Å². The van der Waals surface area contributed by atoms with E-state index in [2.05, 4.69) is 23.2 Å². The van der Waals surface area contributed by atoms with E-state index in [1.165, 1.54) is 5.56 Å². The van der Waals surface area contributed by atoms with Crippen LogP contribution in [0.4, 0.5) is 0 Å². The molecular weight excluding hydrogens is 299 g/mol. The van der Waals surface area contributed by atoms with Gasteiger partial charge in [-0.25, -0.2) is 0 Å². The third-order valence-corrected chi connectivity index (χ3v) is 3.10. The topological polar surface area (TPSA) is 38.9 Å². The van der Waals surface area contributed by atoms with E-state index in [9.17, 15) is 0 Å². The van der Waals surface area contributed by atoms with Crippen LogP contribution in [-0.2, 0) is 6.42 Å². The lowest BCUT2D eigenvalue weighted by Crippen LogP contribution is -1.80. The number of aryl methyl sites for hydroxylation is 1. The van der Waals surface area contributed by atoms with Gasteiger partial charge in [0.05, 0.1) is 4.88 Å². The molecule has 0 bridgehead atoms. The number of aromatic nitrogens is 2. The van der Waals surface area contributed by atoms with Gasteiger partial charge < -0.3 is 4.42 Å². The van der Waals surface area contributed by atoms with Crippen molar-refractivity contribution < 1.29 is 4.42 Å². The number of rotatable bonds is 2. The van der Waals surface area contributed by atoms with Crippen LogP contribution in [0.5, 0.6) is 0 Å². The summed E-state index contributed by atoms with van der Waals surface area (Å²) in [4.78, 5) is 1.10. The number of hydrogen-bond acceptors (Lipinski definition) is 4. The van der Waals surface area contributed by atoms with Crippen molar-refractivity contribution in [2.24, 2.45) is 0 Å². The maximum Gasteiger partial charge on any atom is 0.278 e. The first kappa shape index (κ1) is 9.14. The highest BCUT2D eigenvalue weighted by Gasteiger charge is 2.11. The van der Waals surface area contributed by atoms with E-state index in [4.69, 9.17) is 4.42 Å². The molecule has 0 unspecified atom stereocenters. The smallest absolute Gasteiger partial charge is 0.278 e. The highest BCUT2D eigenvalue weighted by Crippen LogP contribution is 2.28. The number of halogens is 1. The third-order valence-electron chi connectivity index (χ3n) is 1.72. The summed E-state index contributed by atoms with van der Waals surface area (Å²) in [5, 5.41) is 9.82. The highest BCUT2D eigenvalue weighted by atomic mass is 127. The van der Waals surface area contributed by atoms with Crippen LogP contribution < -0.4 is 0 Å². The fraction of sp³-hybridized carbons (Fsp3) is 0.250. The number of hydrogen-bond donors (Lipinski definition) is 0. The molecule has 3 nitrogen and oxygen atoms in total. The van der Waals surface area contributed by atoms with Crippen molar-refractivity contribution >= 4 is 33.9 Å². The van der Waals surface area contributed by atoms with Crippen molar-refractivity contribution in [3.8, 4) is 10.8 Å². The van der Waals surface area contributed by atoms with Crippen molar-refractivity contribution in [2.75, 3.05) is 0 Å². The molecule has 0 fully saturated rings. The van der Waals surface area contributed by atoms with E-state index in [0.29, 0.717) is 9.79 Å². The van der Waals surface area contributed by atoms with Crippen molar-refractivity contribution in [3.05, 3.63) is 20.9 Å². The first-order chi connectivity index (χ1) is 6.31. The molecule has 0 saturated carbocycles. The Balaban J connectivity index is 2.45. The standard InChI is InChI=1S/C8H7IN2OS/c1-2-5-3-4-13-6(5)7-10-11-8(9)12-7/h3-4H,2H2,1H3. The summed E-state index contributed by atoms with van der Waals surface area (Å²) in [7, 11) is 0. The Morgan fingerprint density at radius 1 is 1.54 bits per heavy atom. The predicted molar refractivity (Wildman–Crippen MR) is 59.7 cm³/mol. The molecular formula is C8H7IN2OS. The maximum absolute atomic E-state index is 5.35. The molecule has 13 heavy (non-hydrogen) atoms. The minimum Gasteiger partial charge on any atom is -0.411 e. The zero-order chi connectivity index (χ0) is 9.26. The molecule has 68 valence electrons. The van der Waals surface area contributed by atoms with E-state index in [0.717, 1.165) is 11.3 Å². The van der Waals surface area contributed by atoms with Crippen LogP contribution in [0.1, 0.15) is 12.5 Å². The highest BCUT2D eigenvalue weighted by molar-refractivity contribution is 14.1. The second kappa shape index (κ2) is 3.75. The largest absolute Gasteiger partial charge is 0.411 e. The molecule has 0 aliphatic rings. The summed E-state index contributed by atoms with van der Waals surface area (Å²) in [6.45, 7) is 2.12. The Kier molecular flexibility index (Phi) is 2.63. The average molecular weight is 306 g/mol. The van der Waals surface area contributed by atoms with Gasteiger partial charge in [-0.05, 0) is 23.4 Å². The molecule has 0 spiro atoms. The third kappa shape index (κ3) is 1.76. The average Bonchev–Trinajstić information content (AvgIpc) is 2.71. The summed E-state index contributed by atoms with van der Waals surface area (Å²) in [5.74, 6) is 0.635. The SMILES string of the molecule is CCc1ccsc1-c1nnc(I)o1. The monoisotopic (exact) mass is 306 g/mol. The van der Waals surface area contributed by atoms with Crippen molar-refractivity contribution in [1.82, 2.24) is 10.2 Å². The quantitative estimate of drug-likeness (QED) is 0.801. The Hall–Kier alpha value is -0.430. The summed E-state index contributed by atoms with van der Waals surface area (Å²) < 4.78 is 5.93. The van der Waals surface area contributed by atoms with E-state index in [1.54, 1.807) is 11.3 Å². The molecule has 2 aromatic rings. The molecule has 0 aliphatic heterocycles. The molecule has 5 heteroatoms. The second-order valence-electron chi connectivity index (χ2n) is 2.49. The first-order valence-corrected chi connectivity index (χ1v) is 5.83. The summed E-state index contributed by atoms with van der Waals surface area (Å²) in [5.41, 5.74) is 1.27. The Labute approximate surface area is 93.3 Å². The maximum atomic E-state index is 5.35. The molecule has 2 rings (SSSR count). The first-order valence-electron chi connectivity index (χ1n) is 3.87. The predicted octanol–water partition coefficient (Wildman–Crippen LogP) is 2.97. The van der Waals surface area contributed by atoms with Crippen LogP contribution in [0, 0.1) is 3.90 Å².